The highest BCUT2D eigenvalue weighted by atomic mass is 16.5. The van der Waals surface area contributed by atoms with Crippen LogP contribution >= 0.6 is 0 Å². The molecule has 0 aromatic heterocycles. The van der Waals surface area contributed by atoms with Gasteiger partial charge in [-0.05, 0) is 30.7 Å². The third-order valence-electron chi connectivity index (χ3n) is 4.41. The number of amides is 2. The van der Waals surface area contributed by atoms with Gasteiger partial charge in [-0.15, -0.1) is 0 Å². The van der Waals surface area contributed by atoms with Gasteiger partial charge >= 0.3 is 5.97 Å². The molecule has 7 heteroatoms. The van der Waals surface area contributed by atoms with Crippen LogP contribution < -0.4 is 4.74 Å². The van der Waals surface area contributed by atoms with Crippen LogP contribution in [0.5, 0.6) is 5.75 Å². The number of benzene rings is 2. The fourth-order valence-corrected chi connectivity index (χ4v) is 2.99. The summed E-state index contributed by atoms with van der Waals surface area (Å²) in [6.07, 6.45) is 0.250. The Kier molecular flexibility index (Phi) is 5.84. The first-order chi connectivity index (χ1) is 13.5. The molecule has 28 heavy (non-hydrogen) atoms. The highest BCUT2D eigenvalue weighted by molar-refractivity contribution is 6.21. The second-order valence-electron chi connectivity index (χ2n) is 6.20. The molecular weight excluding hydrogens is 362 g/mol. The molecule has 0 bridgehead atoms. The third kappa shape index (κ3) is 3.93. The van der Waals surface area contributed by atoms with Crippen molar-refractivity contribution in [1.82, 2.24) is 4.90 Å². The number of rotatable bonds is 8. The van der Waals surface area contributed by atoms with Crippen molar-refractivity contribution in [3.63, 3.8) is 0 Å². The minimum Gasteiger partial charge on any atom is -0.496 e. The average Bonchev–Trinajstić information content (AvgIpc) is 2.97. The molecule has 1 aliphatic rings. The van der Waals surface area contributed by atoms with E-state index in [0.717, 1.165) is 4.90 Å². The summed E-state index contributed by atoms with van der Waals surface area (Å²) in [6, 6.07) is 13.3. The number of hydrogen-bond acceptors (Lipinski definition) is 6. The summed E-state index contributed by atoms with van der Waals surface area (Å²) in [6.45, 7) is -0.284. The van der Waals surface area contributed by atoms with Crippen molar-refractivity contribution in [2.24, 2.45) is 0 Å². The van der Waals surface area contributed by atoms with Gasteiger partial charge in [0.1, 0.15) is 5.75 Å². The molecule has 3 rings (SSSR count). The average molecular weight is 381 g/mol. The zero-order valence-corrected chi connectivity index (χ0v) is 15.3. The van der Waals surface area contributed by atoms with Crippen LogP contribution in [0.1, 0.15) is 43.9 Å². The maximum atomic E-state index is 12.2. The molecule has 0 spiro atoms. The Hall–Kier alpha value is -3.48. The van der Waals surface area contributed by atoms with Gasteiger partial charge in [0.15, 0.2) is 6.61 Å². The van der Waals surface area contributed by atoms with Gasteiger partial charge < -0.3 is 9.47 Å². The molecule has 0 radical (unpaired) electrons. The molecule has 2 aromatic rings. The van der Waals surface area contributed by atoms with Crippen molar-refractivity contribution in [2.45, 2.75) is 12.8 Å². The molecule has 0 aliphatic carbocycles. The third-order valence-corrected chi connectivity index (χ3v) is 4.41. The van der Waals surface area contributed by atoms with Crippen molar-refractivity contribution >= 4 is 23.6 Å². The number of nitrogens with zero attached hydrogens (tertiary/aromatic N) is 1. The quantitative estimate of drug-likeness (QED) is 0.396. The molecule has 2 amide bonds. The second kappa shape index (κ2) is 8.47. The topological polar surface area (TPSA) is 90.0 Å². The van der Waals surface area contributed by atoms with Crippen LogP contribution in [-0.2, 0) is 9.53 Å². The van der Waals surface area contributed by atoms with Crippen LogP contribution in [0.2, 0.25) is 0 Å². The second-order valence-corrected chi connectivity index (χ2v) is 6.20. The van der Waals surface area contributed by atoms with E-state index >= 15 is 0 Å². The lowest BCUT2D eigenvalue weighted by atomic mass is 10.1. The number of para-hydroxylation sites is 1. The number of fused-ring (bicyclic) bond motifs is 1. The monoisotopic (exact) mass is 381 g/mol. The van der Waals surface area contributed by atoms with Gasteiger partial charge in [0.05, 0.1) is 23.8 Å². The zero-order chi connectivity index (χ0) is 20.1. The normalized spacial score (nSPS) is 12.7. The molecule has 0 unspecified atom stereocenters. The Balaban J connectivity index is 1.46. The van der Waals surface area contributed by atoms with Crippen LogP contribution in [0, 0.1) is 0 Å². The number of Topliss-reactive ketones (excluding diaryl/α,β-unsaturated/α-hetero) is 1. The zero-order valence-electron chi connectivity index (χ0n) is 15.3. The maximum Gasteiger partial charge on any atom is 0.306 e. The van der Waals surface area contributed by atoms with E-state index in [0.29, 0.717) is 22.4 Å². The summed E-state index contributed by atoms with van der Waals surface area (Å²) >= 11 is 0. The van der Waals surface area contributed by atoms with Gasteiger partial charge in [0.2, 0.25) is 5.78 Å². The van der Waals surface area contributed by atoms with Crippen LogP contribution in [0.4, 0.5) is 0 Å². The van der Waals surface area contributed by atoms with Crippen molar-refractivity contribution < 1.29 is 28.7 Å². The van der Waals surface area contributed by atoms with Crippen LogP contribution in [0.15, 0.2) is 48.5 Å². The molecule has 0 N–H and O–H groups in total. The highest BCUT2D eigenvalue weighted by Gasteiger charge is 2.34. The lowest BCUT2D eigenvalue weighted by molar-refractivity contribution is -0.142. The molecule has 0 atom stereocenters. The van der Waals surface area contributed by atoms with Crippen molar-refractivity contribution in [1.29, 1.82) is 0 Å². The Bertz CT molecular complexity index is 901. The van der Waals surface area contributed by atoms with E-state index in [9.17, 15) is 19.2 Å². The van der Waals surface area contributed by atoms with E-state index in [-0.39, 0.29) is 37.0 Å². The summed E-state index contributed by atoms with van der Waals surface area (Å²) < 4.78 is 10.1. The van der Waals surface area contributed by atoms with Crippen LogP contribution in [0.25, 0.3) is 0 Å². The Morgan fingerprint density at radius 2 is 1.54 bits per heavy atom. The van der Waals surface area contributed by atoms with Crippen molar-refractivity contribution in [3.8, 4) is 5.75 Å². The first-order valence-corrected chi connectivity index (χ1v) is 8.80. The van der Waals surface area contributed by atoms with Gasteiger partial charge in [-0.25, -0.2) is 0 Å². The van der Waals surface area contributed by atoms with Gasteiger partial charge in [-0.3, -0.25) is 24.1 Å². The van der Waals surface area contributed by atoms with Gasteiger partial charge in [-0.2, -0.15) is 0 Å². The number of hydrogen-bond donors (Lipinski definition) is 0. The van der Waals surface area contributed by atoms with Gasteiger partial charge in [-0.1, -0.05) is 24.3 Å². The minimum atomic E-state index is -0.570. The fourth-order valence-electron chi connectivity index (χ4n) is 2.99. The summed E-state index contributed by atoms with van der Waals surface area (Å²) in [5, 5.41) is 0. The Labute approximate surface area is 161 Å². The first kappa shape index (κ1) is 19.3. The van der Waals surface area contributed by atoms with Crippen LogP contribution in [-0.4, -0.2) is 48.7 Å². The molecular formula is C21H19NO6. The number of imide groups is 1. The lowest BCUT2D eigenvalue weighted by Crippen LogP contribution is -2.31. The van der Waals surface area contributed by atoms with Crippen molar-refractivity contribution in [3.05, 3.63) is 65.2 Å². The molecule has 1 heterocycles. The molecule has 0 saturated carbocycles. The number of methoxy groups -OCH3 is 1. The molecule has 7 nitrogen and oxygen atoms in total. The predicted molar refractivity (Wildman–Crippen MR) is 99.3 cm³/mol. The SMILES string of the molecule is COc1ccccc1C(=O)COC(=O)CCCN1C(=O)c2ccccc2C1=O. The summed E-state index contributed by atoms with van der Waals surface area (Å²) in [7, 11) is 1.46. The maximum absolute atomic E-state index is 12.2. The predicted octanol–water partition coefficient (Wildman–Crippen LogP) is 2.50. The number of ketones is 1. The van der Waals surface area contributed by atoms with Crippen molar-refractivity contribution in [2.75, 3.05) is 20.3 Å². The molecule has 0 saturated heterocycles. The Morgan fingerprint density at radius 1 is 0.929 bits per heavy atom. The molecule has 0 fully saturated rings. The molecule has 1 aliphatic heterocycles. The highest BCUT2D eigenvalue weighted by Crippen LogP contribution is 2.22. The molecule has 144 valence electrons. The van der Waals surface area contributed by atoms with Gasteiger partial charge in [0.25, 0.3) is 11.8 Å². The number of esters is 1. The minimum absolute atomic E-state index is 0.00733. The summed E-state index contributed by atoms with van der Waals surface area (Å²) in [4.78, 5) is 49.7. The smallest absolute Gasteiger partial charge is 0.306 e. The van der Waals surface area contributed by atoms with E-state index < -0.39 is 12.6 Å². The molecule has 2 aromatic carbocycles. The standard InChI is InChI=1S/C21H19NO6/c1-27-18-10-5-4-9-16(18)17(23)13-28-19(24)11-6-12-22-20(25)14-7-2-3-8-15(14)21(22)26/h2-5,7-10H,6,11-13H2,1H3. The number of carbonyl (C=O) groups excluding carboxylic acids is 4. The van der Waals surface area contributed by atoms with E-state index in [2.05, 4.69) is 0 Å². The summed E-state index contributed by atoms with van der Waals surface area (Å²) in [5.41, 5.74) is 1.08. The Morgan fingerprint density at radius 3 is 2.18 bits per heavy atom. The van der Waals surface area contributed by atoms with E-state index in [1.165, 1.54) is 7.11 Å². The van der Waals surface area contributed by atoms with E-state index in [4.69, 9.17) is 9.47 Å². The largest absolute Gasteiger partial charge is 0.496 e. The fraction of sp³-hybridized carbons (Fsp3) is 0.238. The first-order valence-electron chi connectivity index (χ1n) is 8.80. The van der Waals surface area contributed by atoms with Crippen LogP contribution in [0.3, 0.4) is 0 Å². The number of carbonyl (C=O) groups is 4. The van der Waals surface area contributed by atoms with Gasteiger partial charge in [0, 0.05) is 13.0 Å². The lowest BCUT2D eigenvalue weighted by Gasteiger charge is -2.13. The number of ether oxygens (including phenoxy) is 2. The van der Waals surface area contributed by atoms with E-state index in [1.807, 2.05) is 0 Å². The van der Waals surface area contributed by atoms with E-state index in [1.54, 1.807) is 48.5 Å². The summed E-state index contributed by atoms with van der Waals surface area (Å²) in [5.74, 6) is -1.25.